The zero-order valence-electron chi connectivity index (χ0n) is 15.3. The number of urea groups is 1. The van der Waals surface area contributed by atoms with E-state index in [-0.39, 0.29) is 27.7 Å². The SMILES string of the molecule is O=C(Nc1cccc(C(=O)NNC(=O)c2cccnc2Cl)c1)Nc1ccccc1F. The Morgan fingerprint density at radius 1 is 0.867 bits per heavy atom. The van der Waals surface area contributed by atoms with Gasteiger partial charge in [0.15, 0.2) is 0 Å². The Morgan fingerprint density at radius 2 is 1.63 bits per heavy atom. The number of aromatic nitrogens is 1. The molecule has 4 amide bonds. The van der Waals surface area contributed by atoms with E-state index >= 15 is 0 Å². The minimum absolute atomic E-state index is 0.00342. The van der Waals surface area contributed by atoms with Crippen LogP contribution in [0.15, 0.2) is 66.9 Å². The van der Waals surface area contributed by atoms with Crippen LogP contribution in [-0.2, 0) is 0 Å². The molecule has 3 rings (SSSR count). The van der Waals surface area contributed by atoms with E-state index in [0.29, 0.717) is 0 Å². The summed E-state index contributed by atoms with van der Waals surface area (Å²) in [6, 6.07) is 14.0. The van der Waals surface area contributed by atoms with Crippen LogP contribution in [0.1, 0.15) is 20.7 Å². The quantitative estimate of drug-likeness (QED) is 0.376. The van der Waals surface area contributed by atoms with Crippen LogP contribution < -0.4 is 21.5 Å². The lowest BCUT2D eigenvalue weighted by molar-refractivity contribution is 0.0846. The first-order chi connectivity index (χ1) is 14.4. The van der Waals surface area contributed by atoms with Crippen LogP contribution in [0.5, 0.6) is 0 Å². The number of carbonyl (C=O) groups is 3. The summed E-state index contributed by atoms with van der Waals surface area (Å²) in [6.07, 6.45) is 1.43. The van der Waals surface area contributed by atoms with Crippen molar-refractivity contribution >= 4 is 40.8 Å². The van der Waals surface area contributed by atoms with Crippen molar-refractivity contribution in [3.05, 3.63) is 89.0 Å². The predicted molar refractivity (Wildman–Crippen MR) is 110 cm³/mol. The first kappa shape index (κ1) is 20.7. The highest BCUT2D eigenvalue weighted by Gasteiger charge is 2.13. The Hall–Kier alpha value is -3.98. The molecule has 10 heteroatoms. The van der Waals surface area contributed by atoms with Gasteiger partial charge in [0.1, 0.15) is 11.0 Å². The first-order valence-electron chi connectivity index (χ1n) is 8.58. The number of nitrogens with zero attached hydrogens (tertiary/aromatic N) is 1. The Kier molecular flexibility index (Phi) is 6.56. The largest absolute Gasteiger partial charge is 0.323 e. The summed E-state index contributed by atoms with van der Waals surface area (Å²) in [5, 5.41) is 4.87. The van der Waals surface area contributed by atoms with Gasteiger partial charge in [-0.2, -0.15) is 0 Å². The predicted octanol–water partition coefficient (Wildman–Crippen LogP) is 3.59. The zero-order valence-corrected chi connectivity index (χ0v) is 16.0. The first-order valence-corrected chi connectivity index (χ1v) is 8.95. The molecule has 0 spiro atoms. The number of rotatable bonds is 4. The number of anilines is 2. The highest BCUT2D eigenvalue weighted by Crippen LogP contribution is 2.15. The second-order valence-electron chi connectivity index (χ2n) is 5.89. The van der Waals surface area contributed by atoms with Gasteiger partial charge in [-0.15, -0.1) is 0 Å². The van der Waals surface area contributed by atoms with E-state index in [0.717, 1.165) is 0 Å². The average Bonchev–Trinajstić information content (AvgIpc) is 2.74. The number of halogens is 2. The number of carbonyl (C=O) groups excluding carboxylic acids is 3. The number of pyridine rings is 1. The van der Waals surface area contributed by atoms with Gasteiger partial charge in [-0.3, -0.25) is 20.4 Å². The monoisotopic (exact) mass is 427 g/mol. The minimum Gasteiger partial charge on any atom is -0.308 e. The molecule has 0 fully saturated rings. The van der Waals surface area contributed by atoms with Crippen LogP contribution in [0.25, 0.3) is 0 Å². The molecule has 0 aliphatic rings. The summed E-state index contributed by atoms with van der Waals surface area (Å²) in [4.78, 5) is 40.2. The normalized spacial score (nSPS) is 10.1. The molecule has 0 unspecified atom stereocenters. The highest BCUT2D eigenvalue weighted by atomic mass is 35.5. The lowest BCUT2D eigenvalue weighted by Gasteiger charge is -2.11. The number of hydrogen-bond acceptors (Lipinski definition) is 4. The van der Waals surface area contributed by atoms with Crippen LogP contribution in [-0.4, -0.2) is 22.8 Å². The molecule has 0 saturated heterocycles. The van der Waals surface area contributed by atoms with E-state index in [1.54, 1.807) is 12.1 Å². The molecule has 0 aliphatic carbocycles. The van der Waals surface area contributed by atoms with E-state index in [2.05, 4.69) is 26.5 Å². The van der Waals surface area contributed by atoms with Gasteiger partial charge >= 0.3 is 6.03 Å². The molecule has 0 bridgehead atoms. The molecule has 2 aromatic carbocycles. The molecule has 8 nitrogen and oxygen atoms in total. The molecule has 1 aromatic heterocycles. The Morgan fingerprint density at radius 3 is 2.40 bits per heavy atom. The molecule has 4 N–H and O–H groups in total. The summed E-state index contributed by atoms with van der Waals surface area (Å²) >= 11 is 5.83. The summed E-state index contributed by atoms with van der Waals surface area (Å²) in [6.45, 7) is 0. The molecular formula is C20H15ClFN5O3. The van der Waals surface area contributed by atoms with Crippen molar-refractivity contribution in [1.29, 1.82) is 0 Å². The number of amides is 4. The minimum atomic E-state index is -0.683. The standard InChI is InChI=1S/C20H15ClFN5O3/c21-17-14(7-4-10-23-17)19(29)27-26-18(28)12-5-3-6-13(11-12)24-20(30)25-16-9-2-1-8-15(16)22/h1-11H,(H,26,28)(H,27,29)(H2,24,25,30). The second-order valence-corrected chi connectivity index (χ2v) is 6.25. The number of hydrogen-bond donors (Lipinski definition) is 4. The fourth-order valence-corrected chi connectivity index (χ4v) is 2.60. The number of benzene rings is 2. The second kappa shape index (κ2) is 9.48. The van der Waals surface area contributed by atoms with E-state index in [1.165, 1.54) is 54.7 Å². The molecule has 0 atom stereocenters. The van der Waals surface area contributed by atoms with Gasteiger partial charge in [-0.25, -0.2) is 14.2 Å². The summed E-state index contributed by atoms with van der Waals surface area (Å²) in [5.74, 6) is -1.84. The van der Waals surface area contributed by atoms with Crippen molar-refractivity contribution < 1.29 is 18.8 Å². The molecule has 152 valence electrons. The van der Waals surface area contributed by atoms with E-state index < -0.39 is 23.7 Å². The molecule has 1 heterocycles. The van der Waals surface area contributed by atoms with E-state index in [9.17, 15) is 18.8 Å². The number of nitrogens with one attached hydrogen (secondary N) is 4. The molecule has 0 saturated carbocycles. The van der Waals surface area contributed by atoms with Crippen LogP contribution in [0.4, 0.5) is 20.6 Å². The Balaban J connectivity index is 1.60. The van der Waals surface area contributed by atoms with E-state index in [4.69, 9.17) is 11.6 Å². The lowest BCUT2D eigenvalue weighted by Crippen LogP contribution is -2.41. The fourth-order valence-electron chi connectivity index (χ4n) is 2.39. The van der Waals surface area contributed by atoms with Gasteiger partial charge in [0, 0.05) is 17.4 Å². The van der Waals surface area contributed by atoms with Crippen molar-refractivity contribution in [2.24, 2.45) is 0 Å². The van der Waals surface area contributed by atoms with Gasteiger partial charge < -0.3 is 10.6 Å². The average molecular weight is 428 g/mol. The van der Waals surface area contributed by atoms with Gasteiger partial charge in [-0.1, -0.05) is 29.8 Å². The fraction of sp³-hybridized carbons (Fsp3) is 0. The summed E-state index contributed by atoms with van der Waals surface area (Å²) in [5.41, 5.74) is 5.05. The lowest BCUT2D eigenvalue weighted by atomic mass is 10.2. The van der Waals surface area contributed by atoms with E-state index in [1.807, 2.05) is 0 Å². The maximum Gasteiger partial charge on any atom is 0.323 e. The van der Waals surface area contributed by atoms with Gasteiger partial charge in [-0.05, 0) is 42.5 Å². The van der Waals surface area contributed by atoms with Crippen molar-refractivity contribution in [3.63, 3.8) is 0 Å². The third-order valence-corrected chi connectivity index (χ3v) is 4.10. The van der Waals surface area contributed by atoms with Crippen molar-refractivity contribution in [2.75, 3.05) is 10.6 Å². The van der Waals surface area contributed by atoms with Crippen LogP contribution in [0, 0.1) is 5.82 Å². The van der Waals surface area contributed by atoms with Crippen LogP contribution in [0.2, 0.25) is 5.15 Å². The van der Waals surface area contributed by atoms with Crippen molar-refractivity contribution in [2.45, 2.75) is 0 Å². The smallest absolute Gasteiger partial charge is 0.308 e. The molecule has 0 aliphatic heterocycles. The maximum absolute atomic E-state index is 13.6. The third kappa shape index (κ3) is 5.30. The summed E-state index contributed by atoms with van der Waals surface area (Å²) < 4.78 is 13.6. The molecule has 30 heavy (non-hydrogen) atoms. The highest BCUT2D eigenvalue weighted by molar-refractivity contribution is 6.32. The Labute approximate surface area is 175 Å². The Bertz CT molecular complexity index is 1110. The van der Waals surface area contributed by atoms with Gasteiger partial charge in [0.25, 0.3) is 11.8 Å². The van der Waals surface area contributed by atoms with Crippen molar-refractivity contribution in [3.8, 4) is 0 Å². The van der Waals surface area contributed by atoms with Gasteiger partial charge in [0.05, 0.1) is 11.3 Å². The van der Waals surface area contributed by atoms with Crippen LogP contribution >= 0.6 is 11.6 Å². The van der Waals surface area contributed by atoms with Gasteiger partial charge in [0.2, 0.25) is 0 Å². The molecule has 0 radical (unpaired) electrons. The molecule has 3 aromatic rings. The van der Waals surface area contributed by atoms with Crippen molar-refractivity contribution in [1.82, 2.24) is 15.8 Å². The third-order valence-electron chi connectivity index (χ3n) is 3.80. The number of hydrazine groups is 1. The van der Waals surface area contributed by atoms with Crippen LogP contribution in [0.3, 0.4) is 0 Å². The maximum atomic E-state index is 13.6. The molecular weight excluding hydrogens is 413 g/mol. The zero-order chi connectivity index (χ0) is 21.5. The topological polar surface area (TPSA) is 112 Å². The number of para-hydroxylation sites is 1. The summed E-state index contributed by atoms with van der Waals surface area (Å²) in [7, 11) is 0.